The Morgan fingerprint density at radius 2 is 2.45 bits per heavy atom. The van der Waals surface area contributed by atoms with E-state index in [1.165, 1.54) is 0 Å². The molecule has 3 heteroatoms. The number of aliphatic hydroxyl groups excluding tert-OH is 1. The van der Waals surface area contributed by atoms with Crippen LogP contribution in [0.4, 0.5) is 0 Å². The SMILES string of the molecule is N#CCC1CCN(CCO)C1. The molecule has 0 aliphatic carbocycles. The Labute approximate surface area is 67.2 Å². The van der Waals surface area contributed by atoms with Crippen LogP contribution in [0.15, 0.2) is 0 Å². The highest BCUT2D eigenvalue weighted by molar-refractivity contribution is 4.83. The first-order valence-electron chi connectivity index (χ1n) is 4.07. The molecule has 0 saturated carbocycles. The van der Waals surface area contributed by atoms with Gasteiger partial charge in [0.25, 0.3) is 0 Å². The molecule has 0 aromatic heterocycles. The molecule has 1 rings (SSSR count). The van der Waals surface area contributed by atoms with Crippen molar-refractivity contribution >= 4 is 0 Å². The lowest BCUT2D eigenvalue weighted by Crippen LogP contribution is -2.24. The molecule has 0 aromatic rings. The third kappa shape index (κ3) is 2.49. The van der Waals surface area contributed by atoms with E-state index in [9.17, 15) is 0 Å². The summed E-state index contributed by atoms with van der Waals surface area (Å²) in [5, 5.41) is 17.1. The zero-order valence-electron chi connectivity index (χ0n) is 6.66. The van der Waals surface area contributed by atoms with Crippen molar-refractivity contribution in [2.24, 2.45) is 5.92 Å². The van der Waals surface area contributed by atoms with Crippen molar-refractivity contribution in [2.75, 3.05) is 26.2 Å². The molecule has 1 N–H and O–H groups in total. The lowest BCUT2D eigenvalue weighted by molar-refractivity contribution is 0.217. The summed E-state index contributed by atoms with van der Waals surface area (Å²) >= 11 is 0. The van der Waals surface area contributed by atoms with Gasteiger partial charge in [0.1, 0.15) is 0 Å². The number of nitriles is 1. The summed E-state index contributed by atoms with van der Waals surface area (Å²) in [6.45, 7) is 3.04. The number of nitrogens with zero attached hydrogens (tertiary/aromatic N) is 2. The number of aliphatic hydroxyl groups is 1. The van der Waals surface area contributed by atoms with Crippen LogP contribution in [-0.4, -0.2) is 36.2 Å². The molecule has 1 aliphatic rings. The molecule has 1 fully saturated rings. The van der Waals surface area contributed by atoms with Gasteiger partial charge >= 0.3 is 0 Å². The van der Waals surface area contributed by atoms with Gasteiger partial charge in [-0.1, -0.05) is 0 Å². The fraction of sp³-hybridized carbons (Fsp3) is 0.875. The van der Waals surface area contributed by atoms with E-state index in [2.05, 4.69) is 11.0 Å². The van der Waals surface area contributed by atoms with Crippen LogP contribution in [0.5, 0.6) is 0 Å². The van der Waals surface area contributed by atoms with E-state index in [-0.39, 0.29) is 6.61 Å². The van der Waals surface area contributed by atoms with Gasteiger partial charge in [-0.05, 0) is 18.9 Å². The van der Waals surface area contributed by atoms with Gasteiger partial charge in [0.15, 0.2) is 0 Å². The molecule has 1 heterocycles. The van der Waals surface area contributed by atoms with E-state index in [0.29, 0.717) is 12.3 Å². The Kier molecular flexibility index (Phi) is 3.34. The Balaban J connectivity index is 2.19. The minimum atomic E-state index is 0.235. The van der Waals surface area contributed by atoms with Gasteiger partial charge in [0, 0.05) is 19.5 Å². The van der Waals surface area contributed by atoms with Crippen molar-refractivity contribution in [1.29, 1.82) is 5.26 Å². The topological polar surface area (TPSA) is 47.3 Å². The lowest BCUT2D eigenvalue weighted by Gasteiger charge is -2.12. The van der Waals surface area contributed by atoms with E-state index in [4.69, 9.17) is 10.4 Å². The first kappa shape index (κ1) is 8.51. The maximum atomic E-state index is 8.64. The van der Waals surface area contributed by atoms with Crippen molar-refractivity contribution in [3.8, 4) is 6.07 Å². The van der Waals surface area contributed by atoms with E-state index in [1.807, 2.05) is 0 Å². The van der Waals surface area contributed by atoms with Gasteiger partial charge in [-0.3, -0.25) is 0 Å². The van der Waals surface area contributed by atoms with Crippen molar-refractivity contribution in [2.45, 2.75) is 12.8 Å². The third-order valence-electron chi connectivity index (χ3n) is 2.17. The van der Waals surface area contributed by atoms with Gasteiger partial charge < -0.3 is 10.0 Å². The maximum Gasteiger partial charge on any atom is 0.0625 e. The number of hydrogen-bond acceptors (Lipinski definition) is 3. The van der Waals surface area contributed by atoms with Crippen LogP contribution in [0.1, 0.15) is 12.8 Å². The second-order valence-electron chi connectivity index (χ2n) is 3.04. The Bertz CT molecular complexity index is 153. The predicted octanol–water partition coefficient (Wildman–Crippen LogP) is 0.214. The summed E-state index contributed by atoms with van der Waals surface area (Å²) in [7, 11) is 0. The summed E-state index contributed by atoms with van der Waals surface area (Å²) < 4.78 is 0. The molecule has 0 bridgehead atoms. The minimum Gasteiger partial charge on any atom is -0.395 e. The van der Waals surface area contributed by atoms with Crippen molar-refractivity contribution in [3.05, 3.63) is 0 Å². The highest BCUT2D eigenvalue weighted by atomic mass is 16.3. The van der Waals surface area contributed by atoms with Crippen molar-refractivity contribution < 1.29 is 5.11 Å². The average Bonchev–Trinajstić information content (AvgIpc) is 2.38. The normalized spacial score (nSPS) is 25.3. The molecule has 0 spiro atoms. The predicted molar refractivity (Wildman–Crippen MR) is 41.9 cm³/mol. The maximum absolute atomic E-state index is 8.64. The molecule has 1 unspecified atom stereocenters. The molecule has 0 aromatic carbocycles. The summed E-state index contributed by atoms with van der Waals surface area (Å²) in [6, 6.07) is 2.18. The molecular weight excluding hydrogens is 140 g/mol. The fourth-order valence-corrected chi connectivity index (χ4v) is 1.55. The van der Waals surface area contributed by atoms with Crippen molar-refractivity contribution in [3.63, 3.8) is 0 Å². The standard InChI is InChI=1S/C8H14N2O/c9-3-1-8-2-4-10(7-8)5-6-11/h8,11H,1-2,4-7H2. The molecule has 0 amide bonds. The number of likely N-dealkylation sites (tertiary alicyclic amines) is 1. The highest BCUT2D eigenvalue weighted by Gasteiger charge is 2.20. The van der Waals surface area contributed by atoms with Crippen LogP contribution in [0.2, 0.25) is 0 Å². The molecule has 11 heavy (non-hydrogen) atoms. The smallest absolute Gasteiger partial charge is 0.0625 e. The summed E-state index contributed by atoms with van der Waals surface area (Å²) in [5.41, 5.74) is 0. The van der Waals surface area contributed by atoms with Gasteiger partial charge in [0.2, 0.25) is 0 Å². The fourth-order valence-electron chi connectivity index (χ4n) is 1.55. The molecule has 0 radical (unpaired) electrons. The first-order chi connectivity index (χ1) is 5.36. The summed E-state index contributed by atoms with van der Waals surface area (Å²) in [5.74, 6) is 0.548. The van der Waals surface area contributed by atoms with E-state index < -0.39 is 0 Å². The summed E-state index contributed by atoms with van der Waals surface area (Å²) in [4.78, 5) is 2.21. The lowest BCUT2D eigenvalue weighted by atomic mass is 10.1. The second-order valence-corrected chi connectivity index (χ2v) is 3.04. The van der Waals surface area contributed by atoms with Gasteiger partial charge in [-0.2, -0.15) is 5.26 Å². The quantitative estimate of drug-likeness (QED) is 0.632. The molecule has 1 aliphatic heterocycles. The van der Waals surface area contributed by atoms with E-state index in [0.717, 1.165) is 26.1 Å². The van der Waals surface area contributed by atoms with Crippen LogP contribution in [0, 0.1) is 17.2 Å². The minimum absolute atomic E-state index is 0.235. The van der Waals surface area contributed by atoms with Gasteiger partial charge in [-0.15, -0.1) is 0 Å². The molecule has 1 atom stereocenters. The van der Waals surface area contributed by atoms with Crippen LogP contribution in [0.25, 0.3) is 0 Å². The molecule has 62 valence electrons. The van der Waals surface area contributed by atoms with Crippen molar-refractivity contribution in [1.82, 2.24) is 4.90 Å². The number of β-amino-alcohol motifs (C(OH)–C–C–N with tert-alkyl or cyclic N) is 1. The molecule has 3 nitrogen and oxygen atoms in total. The van der Waals surface area contributed by atoms with Crippen LogP contribution in [0.3, 0.4) is 0 Å². The molecular formula is C8H14N2O. The third-order valence-corrected chi connectivity index (χ3v) is 2.17. The Morgan fingerprint density at radius 1 is 1.64 bits per heavy atom. The zero-order valence-corrected chi connectivity index (χ0v) is 6.66. The monoisotopic (exact) mass is 154 g/mol. The largest absolute Gasteiger partial charge is 0.395 e. The summed E-state index contributed by atoms with van der Waals surface area (Å²) in [6.07, 6.45) is 1.79. The van der Waals surface area contributed by atoms with E-state index in [1.54, 1.807) is 0 Å². The number of hydrogen-bond donors (Lipinski definition) is 1. The highest BCUT2D eigenvalue weighted by Crippen LogP contribution is 2.17. The first-order valence-corrected chi connectivity index (χ1v) is 4.07. The Hall–Kier alpha value is -0.590. The average molecular weight is 154 g/mol. The molecule has 1 saturated heterocycles. The van der Waals surface area contributed by atoms with Gasteiger partial charge in [0.05, 0.1) is 12.7 Å². The second kappa shape index (κ2) is 4.32. The van der Waals surface area contributed by atoms with Gasteiger partial charge in [-0.25, -0.2) is 0 Å². The van der Waals surface area contributed by atoms with Crippen LogP contribution in [-0.2, 0) is 0 Å². The van der Waals surface area contributed by atoms with Crippen LogP contribution < -0.4 is 0 Å². The van der Waals surface area contributed by atoms with Crippen LogP contribution >= 0.6 is 0 Å². The Morgan fingerprint density at radius 3 is 3.09 bits per heavy atom. The van der Waals surface area contributed by atoms with E-state index >= 15 is 0 Å². The number of rotatable bonds is 3. The zero-order chi connectivity index (χ0) is 8.10.